The zero-order valence-electron chi connectivity index (χ0n) is 10.1. The minimum absolute atomic E-state index is 0.694. The smallest absolute Gasteiger partial charge is 0.150 e. The Bertz CT molecular complexity index is 731. The van der Waals surface area contributed by atoms with Crippen molar-refractivity contribution in [3.8, 4) is 0 Å². The van der Waals surface area contributed by atoms with Crippen molar-refractivity contribution in [1.82, 2.24) is 9.55 Å². The average Bonchev–Trinajstić information content (AvgIpc) is 2.84. The van der Waals surface area contributed by atoms with Gasteiger partial charge < -0.3 is 4.57 Å². The summed E-state index contributed by atoms with van der Waals surface area (Å²) in [4.78, 5) is 15.4. The molecule has 4 heteroatoms. The van der Waals surface area contributed by atoms with E-state index in [1.54, 1.807) is 6.20 Å². The number of fused-ring (bicyclic) bond motifs is 1. The summed E-state index contributed by atoms with van der Waals surface area (Å²) in [5, 5.41) is 0.981. The number of carbonyl (C=O) groups is 1. The van der Waals surface area contributed by atoms with Gasteiger partial charge in [-0.05, 0) is 40.2 Å². The van der Waals surface area contributed by atoms with E-state index in [2.05, 4.69) is 25.5 Å². The van der Waals surface area contributed by atoms with Crippen molar-refractivity contribution in [3.63, 3.8) is 0 Å². The SMILES string of the molecule is O=Cc1cccc2c1ccn2Cc1ccc(Br)cn1. The van der Waals surface area contributed by atoms with Gasteiger partial charge in [0.25, 0.3) is 0 Å². The molecule has 3 aromatic rings. The highest BCUT2D eigenvalue weighted by Crippen LogP contribution is 2.20. The molecule has 0 amide bonds. The van der Waals surface area contributed by atoms with Gasteiger partial charge in [0.1, 0.15) is 0 Å². The minimum atomic E-state index is 0.694. The normalized spacial score (nSPS) is 10.8. The van der Waals surface area contributed by atoms with Gasteiger partial charge in [0.15, 0.2) is 6.29 Å². The molecular weight excluding hydrogens is 304 g/mol. The number of hydrogen-bond donors (Lipinski definition) is 0. The van der Waals surface area contributed by atoms with Gasteiger partial charge >= 0.3 is 0 Å². The lowest BCUT2D eigenvalue weighted by molar-refractivity contribution is 0.112. The third-order valence-corrected chi connectivity index (χ3v) is 3.56. The van der Waals surface area contributed by atoms with Crippen molar-refractivity contribution in [2.45, 2.75) is 6.54 Å². The molecule has 0 aliphatic heterocycles. The zero-order chi connectivity index (χ0) is 13.2. The molecule has 0 radical (unpaired) electrons. The summed E-state index contributed by atoms with van der Waals surface area (Å²) in [7, 11) is 0. The Balaban J connectivity index is 2.02. The number of hydrogen-bond acceptors (Lipinski definition) is 2. The topological polar surface area (TPSA) is 34.9 Å². The van der Waals surface area contributed by atoms with Gasteiger partial charge in [-0.3, -0.25) is 9.78 Å². The monoisotopic (exact) mass is 314 g/mol. The molecule has 0 aliphatic carbocycles. The molecule has 0 saturated heterocycles. The van der Waals surface area contributed by atoms with Crippen LogP contribution >= 0.6 is 15.9 Å². The second kappa shape index (κ2) is 4.97. The maximum atomic E-state index is 11.0. The molecule has 0 aliphatic rings. The standard InChI is InChI=1S/C15H11BrN2O/c16-12-4-5-13(17-8-12)9-18-7-6-14-11(10-19)2-1-3-15(14)18/h1-8,10H,9H2. The van der Waals surface area contributed by atoms with Gasteiger partial charge in [-0.15, -0.1) is 0 Å². The first-order valence-corrected chi connectivity index (χ1v) is 6.71. The van der Waals surface area contributed by atoms with E-state index in [1.807, 2.05) is 42.6 Å². The van der Waals surface area contributed by atoms with E-state index >= 15 is 0 Å². The van der Waals surface area contributed by atoms with Crippen LogP contribution in [-0.4, -0.2) is 15.8 Å². The minimum Gasteiger partial charge on any atom is -0.341 e. The first-order valence-electron chi connectivity index (χ1n) is 5.91. The zero-order valence-corrected chi connectivity index (χ0v) is 11.7. The molecule has 0 N–H and O–H groups in total. The lowest BCUT2D eigenvalue weighted by atomic mass is 10.1. The van der Waals surface area contributed by atoms with Crippen LogP contribution in [0.15, 0.2) is 53.3 Å². The molecule has 19 heavy (non-hydrogen) atoms. The van der Waals surface area contributed by atoms with E-state index in [4.69, 9.17) is 0 Å². The summed E-state index contributed by atoms with van der Waals surface area (Å²) in [6.07, 6.45) is 4.67. The van der Waals surface area contributed by atoms with Gasteiger partial charge in [0, 0.05) is 33.3 Å². The summed E-state index contributed by atoms with van der Waals surface area (Å²) in [5.41, 5.74) is 2.76. The molecule has 2 aromatic heterocycles. The molecule has 0 saturated carbocycles. The molecule has 3 rings (SSSR count). The second-order valence-corrected chi connectivity index (χ2v) is 5.22. The Hall–Kier alpha value is -1.94. The summed E-state index contributed by atoms with van der Waals surface area (Å²) in [6, 6.07) is 11.7. The van der Waals surface area contributed by atoms with Crippen molar-refractivity contribution in [2.75, 3.05) is 0 Å². The number of rotatable bonds is 3. The highest BCUT2D eigenvalue weighted by molar-refractivity contribution is 9.10. The summed E-state index contributed by atoms with van der Waals surface area (Å²) in [5.74, 6) is 0. The third kappa shape index (κ3) is 2.31. The summed E-state index contributed by atoms with van der Waals surface area (Å²) < 4.78 is 3.07. The first kappa shape index (κ1) is 12.1. The van der Waals surface area contributed by atoms with Crippen molar-refractivity contribution in [2.24, 2.45) is 0 Å². The first-order chi connectivity index (χ1) is 9.28. The summed E-state index contributed by atoms with van der Waals surface area (Å²) in [6.45, 7) is 0.694. The van der Waals surface area contributed by atoms with Crippen LogP contribution in [0.3, 0.4) is 0 Å². The van der Waals surface area contributed by atoms with E-state index in [9.17, 15) is 4.79 Å². The van der Waals surface area contributed by atoms with Crippen molar-refractivity contribution in [3.05, 3.63) is 64.5 Å². The maximum absolute atomic E-state index is 11.0. The predicted octanol–water partition coefficient (Wildman–Crippen LogP) is 3.66. The molecular formula is C15H11BrN2O. The predicted molar refractivity (Wildman–Crippen MR) is 78.4 cm³/mol. The average molecular weight is 315 g/mol. The van der Waals surface area contributed by atoms with E-state index in [0.717, 1.165) is 32.9 Å². The molecule has 94 valence electrons. The highest BCUT2D eigenvalue weighted by atomic mass is 79.9. The van der Waals surface area contributed by atoms with Crippen LogP contribution in [0, 0.1) is 0 Å². The van der Waals surface area contributed by atoms with Crippen LogP contribution in [0.1, 0.15) is 16.1 Å². The molecule has 2 heterocycles. The lowest BCUT2D eigenvalue weighted by Gasteiger charge is -2.05. The molecule has 0 unspecified atom stereocenters. The van der Waals surface area contributed by atoms with Crippen LogP contribution in [0.4, 0.5) is 0 Å². The van der Waals surface area contributed by atoms with Crippen LogP contribution in [-0.2, 0) is 6.54 Å². The number of benzene rings is 1. The Kier molecular flexibility index (Phi) is 3.17. The molecule has 0 spiro atoms. The van der Waals surface area contributed by atoms with Crippen LogP contribution in [0.25, 0.3) is 10.9 Å². The molecule has 0 atom stereocenters. The number of aldehydes is 1. The van der Waals surface area contributed by atoms with E-state index in [0.29, 0.717) is 6.54 Å². The van der Waals surface area contributed by atoms with Crippen molar-refractivity contribution < 1.29 is 4.79 Å². The van der Waals surface area contributed by atoms with Crippen LogP contribution < -0.4 is 0 Å². The number of carbonyl (C=O) groups excluding carboxylic acids is 1. The van der Waals surface area contributed by atoms with Gasteiger partial charge in [-0.1, -0.05) is 12.1 Å². The van der Waals surface area contributed by atoms with Gasteiger partial charge in [-0.25, -0.2) is 0 Å². The largest absolute Gasteiger partial charge is 0.341 e. The number of nitrogens with zero attached hydrogens (tertiary/aromatic N) is 2. The van der Waals surface area contributed by atoms with Crippen LogP contribution in [0.5, 0.6) is 0 Å². The quantitative estimate of drug-likeness (QED) is 0.691. The Morgan fingerprint density at radius 1 is 1.21 bits per heavy atom. The number of aromatic nitrogens is 2. The van der Waals surface area contributed by atoms with E-state index in [1.165, 1.54) is 0 Å². The molecule has 0 fully saturated rings. The maximum Gasteiger partial charge on any atom is 0.150 e. The highest BCUT2D eigenvalue weighted by Gasteiger charge is 2.05. The number of pyridine rings is 1. The van der Waals surface area contributed by atoms with Gasteiger partial charge in [0.2, 0.25) is 0 Å². The van der Waals surface area contributed by atoms with Crippen molar-refractivity contribution >= 4 is 33.1 Å². The van der Waals surface area contributed by atoms with Crippen molar-refractivity contribution in [1.29, 1.82) is 0 Å². The fraction of sp³-hybridized carbons (Fsp3) is 0.0667. The third-order valence-electron chi connectivity index (χ3n) is 3.10. The van der Waals surface area contributed by atoms with E-state index in [-0.39, 0.29) is 0 Å². The number of halogens is 1. The Morgan fingerprint density at radius 3 is 2.84 bits per heavy atom. The molecule has 3 nitrogen and oxygen atoms in total. The Labute approximate surface area is 119 Å². The van der Waals surface area contributed by atoms with Gasteiger partial charge in [-0.2, -0.15) is 0 Å². The molecule has 0 bridgehead atoms. The van der Waals surface area contributed by atoms with E-state index < -0.39 is 0 Å². The fourth-order valence-electron chi connectivity index (χ4n) is 2.16. The second-order valence-electron chi connectivity index (χ2n) is 4.31. The fourth-order valence-corrected chi connectivity index (χ4v) is 2.40. The van der Waals surface area contributed by atoms with Gasteiger partial charge in [0.05, 0.1) is 12.2 Å². The molecule has 1 aromatic carbocycles. The lowest BCUT2D eigenvalue weighted by Crippen LogP contribution is -2.00. The van der Waals surface area contributed by atoms with Crippen LogP contribution in [0.2, 0.25) is 0 Å². The summed E-state index contributed by atoms with van der Waals surface area (Å²) >= 11 is 3.37. The Morgan fingerprint density at radius 2 is 2.11 bits per heavy atom.